The summed E-state index contributed by atoms with van der Waals surface area (Å²) in [6.07, 6.45) is -0.569. The van der Waals surface area contributed by atoms with Gasteiger partial charge < -0.3 is 9.84 Å². The molecule has 0 aliphatic rings. The molecule has 0 amide bonds. The third kappa shape index (κ3) is 2.91. The van der Waals surface area contributed by atoms with Gasteiger partial charge in [0.05, 0.1) is 22.5 Å². The molecule has 0 unspecified atom stereocenters. The molecule has 0 aliphatic heterocycles. The minimum atomic E-state index is -0.569. The maximum Gasteiger partial charge on any atom is 0.131 e. The molecule has 0 radical (unpaired) electrons. The lowest BCUT2D eigenvalue weighted by atomic mass is 10.1. The fourth-order valence-electron chi connectivity index (χ4n) is 1.94. The summed E-state index contributed by atoms with van der Waals surface area (Å²) in [4.78, 5) is 0. The summed E-state index contributed by atoms with van der Waals surface area (Å²) in [6.45, 7) is 3.89. The third-order valence-electron chi connectivity index (χ3n) is 3.00. The van der Waals surface area contributed by atoms with Crippen LogP contribution in [-0.4, -0.2) is 14.9 Å². The van der Waals surface area contributed by atoms with Crippen LogP contribution in [-0.2, 0) is 13.7 Å². The molecular weight excluding hydrogens is 264 g/mol. The molecule has 0 bridgehead atoms. The van der Waals surface area contributed by atoms with Gasteiger partial charge in [0.2, 0.25) is 0 Å². The van der Waals surface area contributed by atoms with Gasteiger partial charge >= 0.3 is 0 Å². The van der Waals surface area contributed by atoms with Crippen molar-refractivity contribution >= 4 is 11.6 Å². The van der Waals surface area contributed by atoms with Gasteiger partial charge in [-0.1, -0.05) is 29.8 Å². The second-order valence-electron chi connectivity index (χ2n) is 4.47. The van der Waals surface area contributed by atoms with E-state index in [9.17, 15) is 5.11 Å². The van der Waals surface area contributed by atoms with E-state index in [1.165, 1.54) is 0 Å². The van der Waals surface area contributed by atoms with Gasteiger partial charge in [-0.3, -0.25) is 4.68 Å². The molecule has 0 saturated carbocycles. The highest BCUT2D eigenvalue weighted by Gasteiger charge is 2.13. The Morgan fingerprint density at radius 3 is 2.68 bits per heavy atom. The number of nitrogens with zero attached hydrogens (tertiary/aromatic N) is 2. The number of hydrogen-bond acceptors (Lipinski definition) is 3. The number of halogens is 1. The van der Waals surface area contributed by atoms with Gasteiger partial charge in [0.1, 0.15) is 12.4 Å². The summed E-state index contributed by atoms with van der Waals surface area (Å²) in [5, 5.41) is 14.5. The van der Waals surface area contributed by atoms with E-state index in [1.807, 2.05) is 38.2 Å². The minimum Gasteiger partial charge on any atom is -0.487 e. The quantitative estimate of drug-likeness (QED) is 0.936. The number of aliphatic hydroxyl groups is 1. The Labute approximate surface area is 117 Å². The summed E-state index contributed by atoms with van der Waals surface area (Å²) < 4.78 is 7.47. The van der Waals surface area contributed by atoms with Crippen molar-refractivity contribution in [3.63, 3.8) is 0 Å². The van der Waals surface area contributed by atoms with E-state index in [0.717, 1.165) is 17.0 Å². The van der Waals surface area contributed by atoms with Crippen LogP contribution in [0.1, 0.15) is 30.0 Å². The van der Waals surface area contributed by atoms with Crippen molar-refractivity contribution in [3.8, 4) is 5.75 Å². The molecule has 4 nitrogen and oxygen atoms in total. The molecule has 0 aliphatic carbocycles. The fraction of sp³-hybridized carbons (Fsp3) is 0.357. The Bertz CT molecular complexity index is 579. The van der Waals surface area contributed by atoms with Crippen molar-refractivity contribution in [2.45, 2.75) is 26.6 Å². The highest BCUT2D eigenvalue weighted by atomic mass is 35.5. The topological polar surface area (TPSA) is 47.3 Å². The summed E-state index contributed by atoms with van der Waals surface area (Å²) in [5.41, 5.74) is 2.36. The number of aromatic nitrogens is 2. The first kappa shape index (κ1) is 13.9. The van der Waals surface area contributed by atoms with Crippen molar-refractivity contribution < 1.29 is 9.84 Å². The van der Waals surface area contributed by atoms with Crippen molar-refractivity contribution in [2.24, 2.45) is 7.05 Å². The standard InChI is InChI=1S/C14H17ClN2O2/c1-9-14(15)12(17(3)16-9)8-19-13-7-5-4-6-11(13)10(2)18/h4-7,10,18H,8H2,1-3H3/t10-/m0/s1. The van der Waals surface area contributed by atoms with Crippen molar-refractivity contribution in [3.05, 3.63) is 46.2 Å². The molecule has 2 aromatic rings. The van der Waals surface area contributed by atoms with E-state index < -0.39 is 6.10 Å². The van der Waals surface area contributed by atoms with E-state index in [4.69, 9.17) is 16.3 Å². The summed E-state index contributed by atoms with van der Waals surface area (Å²) in [6, 6.07) is 7.42. The molecule has 2 rings (SSSR count). The van der Waals surface area contributed by atoms with Crippen LogP contribution in [0.5, 0.6) is 5.75 Å². The van der Waals surface area contributed by atoms with Gasteiger partial charge in [0.25, 0.3) is 0 Å². The lowest BCUT2D eigenvalue weighted by molar-refractivity contribution is 0.189. The minimum absolute atomic E-state index is 0.319. The molecule has 1 aromatic heterocycles. The second kappa shape index (κ2) is 5.63. The van der Waals surface area contributed by atoms with Crippen LogP contribution in [0.25, 0.3) is 0 Å². The third-order valence-corrected chi connectivity index (χ3v) is 3.49. The van der Waals surface area contributed by atoms with E-state index in [0.29, 0.717) is 17.4 Å². The first-order valence-corrected chi connectivity index (χ1v) is 6.46. The van der Waals surface area contributed by atoms with E-state index in [2.05, 4.69) is 5.10 Å². The van der Waals surface area contributed by atoms with Gasteiger partial charge in [0, 0.05) is 12.6 Å². The predicted octanol–water partition coefficient (Wildman–Crippen LogP) is 3.01. The van der Waals surface area contributed by atoms with Gasteiger partial charge in [-0.15, -0.1) is 0 Å². The van der Waals surface area contributed by atoms with E-state index >= 15 is 0 Å². The Balaban J connectivity index is 2.19. The molecular formula is C14H17ClN2O2. The molecule has 1 N–H and O–H groups in total. The first-order valence-electron chi connectivity index (χ1n) is 6.08. The molecule has 19 heavy (non-hydrogen) atoms. The zero-order valence-electron chi connectivity index (χ0n) is 11.2. The molecule has 0 spiro atoms. The zero-order valence-corrected chi connectivity index (χ0v) is 12.0. The zero-order chi connectivity index (χ0) is 14.0. The highest BCUT2D eigenvalue weighted by Crippen LogP contribution is 2.27. The molecule has 5 heteroatoms. The smallest absolute Gasteiger partial charge is 0.131 e. The van der Waals surface area contributed by atoms with Gasteiger partial charge in [-0.2, -0.15) is 5.10 Å². The highest BCUT2D eigenvalue weighted by molar-refractivity contribution is 6.31. The van der Waals surface area contributed by atoms with Crippen LogP contribution in [0.3, 0.4) is 0 Å². The van der Waals surface area contributed by atoms with Crippen molar-refractivity contribution in [2.75, 3.05) is 0 Å². The predicted molar refractivity (Wildman–Crippen MR) is 74.4 cm³/mol. The van der Waals surface area contributed by atoms with Crippen LogP contribution in [0.15, 0.2) is 24.3 Å². The average molecular weight is 281 g/mol. The maximum absolute atomic E-state index is 9.69. The van der Waals surface area contributed by atoms with Gasteiger partial charge in [-0.05, 0) is 19.9 Å². The van der Waals surface area contributed by atoms with Crippen LogP contribution < -0.4 is 4.74 Å². The number of benzene rings is 1. The Hall–Kier alpha value is -1.52. The average Bonchev–Trinajstić information content (AvgIpc) is 2.61. The number of aryl methyl sites for hydroxylation is 2. The number of hydrogen-bond donors (Lipinski definition) is 1. The molecule has 0 saturated heterocycles. The molecule has 1 aromatic carbocycles. The van der Waals surface area contributed by atoms with Gasteiger partial charge in [-0.25, -0.2) is 0 Å². The summed E-state index contributed by atoms with van der Waals surface area (Å²) >= 11 is 6.17. The Morgan fingerprint density at radius 2 is 2.11 bits per heavy atom. The first-order chi connectivity index (χ1) is 9.00. The lowest BCUT2D eigenvalue weighted by Crippen LogP contribution is -2.05. The number of aliphatic hydroxyl groups excluding tert-OH is 1. The molecule has 1 heterocycles. The van der Waals surface area contributed by atoms with E-state index in [1.54, 1.807) is 11.6 Å². The molecule has 1 atom stereocenters. The van der Waals surface area contributed by atoms with E-state index in [-0.39, 0.29) is 0 Å². The van der Waals surface area contributed by atoms with Gasteiger partial charge in [0.15, 0.2) is 0 Å². The monoisotopic (exact) mass is 280 g/mol. The largest absolute Gasteiger partial charge is 0.487 e. The fourth-order valence-corrected chi connectivity index (χ4v) is 2.15. The molecule has 0 fully saturated rings. The van der Waals surface area contributed by atoms with Crippen molar-refractivity contribution in [1.82, 2.24) is 9.78 Å². The summed E-state index contributed by atoms with van der Waals surface area (Å²) in [5.74, 6) is 0.660. The Kier molecular flexibility index (Phi) is 4.12. The lowest BCUT2D eigenvalue weighted by Gasteiger charge is -2.13. The number of rotatable bonds is 4. The Morgan fingerprint density at radius 1 is 1.42 bits per heavy atom. The molecule has 102 valence electrons. The van der Waals surface area contributed by atoms with Crippen LogP contribution in [0, 0.1) is 6.92 Å². The number of ether oxygens (including phenoxy) is 1. The maximum atomic E-state index is 9.69. The SMILES string of the molecule is Cc1nn(C)c(COc2ccccc2[C@H](C)O)c1Cl. The summed E-state index contributed by atoms with van der Waals surface area (Å²) in [7, 11) is 1.83. The van der Waals surface area contributed by atoms with Crippen LogP contribution >= 0.6 is 11.6 Å². The second-order valence-corrected chi connectivity index (χ2v) is 4.85. The van der Waals surface area contributed by atoms with Crippen LogP contribution in [0.4, 0.5) is 0 Å². The normalized spacial score (nSPS) is 12.5. The van der Waals surface area contributed by atoms with Crippen LogP contribution in [0.2, 0.25) is 5.02 Å². The van der Waals surface area contributed by atoms with Crippen molar-refractivity contribution in [1.29, 1.82) is 0 Å². The number of para-hydroxylation sites is 1.